The van der Waals surface area contributed by atoms with Gasteiger partial charge < -0.3 is 14.8 Å². The van der Waals surface area contributed by atoms with E-state index in [4.69, 9.17) is 9.47 Å². The fourth-order valence-electron chi connectivity index (χ4n) is 1.14. The SMILES string of the molecule is COCCC(C)NCC(C)COC. The van der Waals surface area contributed by atoms with Crippen molar-refractivity contribution in [3.05, 3.63) is 0 Å². The van der Waals surface area contributed by atoms with E-state index in [1.165, 1.54) is 0 Å². The van der Waals surface area contributed by atoms with Crippen molar-refractivity contribution in [3.8, 4) is 0 Å². The molecule has 3 heteroatoms. The maximum absolute atomic E-state index is 5.05. The van der Waals surface area contributed by atoms with Crippen molar-refractivity contribution in [2.75, 3.05) is 34.0 Å². The molecule has 3 nitrogen and oxygen atoms in total. The number of nitrogens with one attached hydrogen (secondary N) is 1. The number of hydrogen-bond donors (Lipinski definition) is 1. The molecule has 0 saturated carbocycles. The first-order chi connectivity index (χ1) is 6.20. The summed E-state index contributed by atoms with van der Waals surface area (Å²) in [5.74, 6) is 0.579. The maximum Gasteiger partial charge on any atom is 0.0499 e. The van der Waals surface area contributed by atoms with E-state index >= 15 is 0 Å². The fraction of sp³-hybridized carbons (Fsp3) is 1.00. The lowest BCUT2D eigenvalue weighted by Crippen LogP contribution is -2.32. The third-order valence-corrected chi connectivity index (χ3v) is 2.02. The first kappa shape index (κ1) is 12.9. The molecule has 1 N–H and O–H groups in total. The minimum atomic E-state index is 0.527. The number of ether oxygens (including phenoxy) is 2. The van der Waals surface area contributed by atoms with Crippen LogP contribution < -0.4 is 5.32 Å². The number of rotatable bonds is 8. The average Bonchev–Trinajstić information content (AvgIpc) is 2.12. The highest BCUT2D eigenvalue weighted by atomic mass is 16.5. The largest absolute Gasteiger partial charge is 0.385 e. The van der Waals surface area contributed by atoms with Crippen LogP contribution in [0.25, 0.3) is 0 Å². The average molecular weight is 189 g/mol. The van der Waals surface area contributed by atoms with Gasteiger partial charge in [-0.15, -0.1) is 0 Å². The summed E-state index contributed by atoms with van der Waals surface area (Å²) >= 11 is 0. The van der Waals surface area contributed by atoms with Crippen LogP contribution in [0.3, 0.4) is 0 Å². The zero-order valence-corrected chi connectivity index (χ0v) is 9.30. The maximum atomic E-state index is 5.05. The van der Waals surface area contributed by atoms with E-state index in [9.17, 15) is 0 Å². The number of methoxy groups -OCH3 is 2. The fourth-order valence-corrected chi connectivity index (χ4v) is 1.14. The highest BCUT2D eigenvalue weighted by Gasteiger charge is 2.04. The molecule has 0 fully saturated rings. The Morgan fingerprint density at radius 1 is 1.15 bits per heavy atom. The van der Waals surface area contributed by atoms with Crippen LogP contribution in [-0.4, -0.2) is 40.0 Å². The summed E-state index contributed by atoms with van der Waals surface area (Å²) in [6.45, 7) is 7.02. The molecule has 0 bridgehead atoms. The standard InChI is InChI=1S/C10H23NO2/c1-9(8-13-4)7-11-10(2)5-6-12-3/h9-11H,5-8H2,1-4H3. The molecule has 0 amide bonds. The van der Waals surface area contributed by atoms with E-state index < -0.39 is 0 Å². The van der Waals surface area contributed by atoms with Crippen LogP contribution >= 0.6 is 0 Å². The van der Waals surface area contributed by atoms with Crippen molar-refractivity contribution in [1.29, 1.82) is 0 Å². The van der Waals surface area contributed by atoms with Gasteiger partial charge in [-0.25, -0.2) is 0 Å². The third kappa shape index (κ3) is 8.22. The Bertz CT molecular complexity index is 109. The second-order valence-corrected chi connectivity index (χ2v) is 3.65. The summed E-state index contributed by atoms with van der Waals surface area (Å²) in [5.41, 5.74) is 0. The van der Waals surface area contributed by atoms with Gasteiger partial charge in [-0.1, -0.05) is 6.92 Å². The highest BCUT2D eigenvalue weighted by molar-refractivity contribution is 4.63. The van der Waals surface area contributed by atoms with Gasteiger partial charge in [-0.05, 0) is 19.3 Å². The van der Waals surface area contributed by atoms with Crippen molar-refractivity contribution in [1.82, 2.24) is 5.32 Å². The molecular weight excluding hydrogens is 166 g/mol. The van der Waals surface area contributed by atoms with Crippen LogP contribution in [0.2, 0.25) is 0 Å². The molecule has 0 aliphatic heterocycles. The molecule has 0 radical (unpaired) electrons. The van der Waals surface area contributed by atoms with Crippen LogP contribution in [0.15, 0.2) is 0 Å². The van der Waals surface area contributed by atoms with Gasteiger partial charge in [0.2, 0.25) is 0 Å². The molecule has 0 saturated heterocycles. The minimum absolute atomic E-state index is 0.527. The summed E-state index contributed by atoms with van der Waals surface area (Å²) in [7, 11) is 3.48. The molecule has 0 heterocycles. The Balaban J connectivity index is 3.29. The molecule has 0 aromatic heterocycles. The van der Waals surface area contributed by atoms with Gasteiger partial charge in [0.05, 0.1) is 0 Å². The van der Waals surface area contributed by atoms with Crippen molar-refractivity contribution >= 4 is 0 Å². The molecule has 0 spiro atoms. The van der Waals surface area contributed by atoms with Crippen molar-refractivity contribution < 1.29 is 9.47 Å². The Hall–Kier alpha value is -0.120. The van der Waals surface area contributed by atoms with Crippen LogP contribution in [0, 0.1) is 5.92 Å². The monoisotopic (exact) mass is 189 g/mol. The quantitative estimate of drug-likeness (QED) is 0.624. The van der Waals surface area contributed by atoms with Gasteiger partial charge in [-0.2, -0.15) is 0 Å². The van der Waals surface area contributed by atoms with Crippen molar-refractivity contribution in [2.45, 2.75) is 26.3 Å². The number of hydrogen-bond acceptors (Lipinski definition) is 3. The summed E-state index contributed by atoms with van der Waals surface area (Å²) in [4.78, 5) is 0. The summed E-state index contributed by atoms with van der Waals surface area (Å²) in [6.07, 6.45) is 1.07. The molecule has 0 aliphatic carbocycles. The van der Waals surface area contributed by atoms with Gasteiger partial charge >= 0.3 is 0 Å². The minimum Gasteiger partial charge on any atom is -0.385 e. The van der Waals surface area contributed by atoms with E-state index in [1.54, 1.807) is 14.2 Å². The predicted octanol–water partition coefficient (Wildman–Crippen LogP) is 1.28. The zero-order chi connectivity index (χ0) is 10.1. The highest BCUT2D eigenvalue weighted by Crippen LogP contribution is 1.96. The van der Waals surface area contributed by atoms with Crippen molar-refractivity contribution in [3.63, 3.8) is 0 Å². The van der Waals surface area contributed by atoms with E-state index in [2.05, 4.69) is 19.2 Å². The molecule has 13 heavy (non-hydrogen) atoms. The van der Waals surface area contributed by atoms with Gasteiger partial charge in [0.25, 0.3) is 0 Å². The summed E-state index contributed by atoms with van der Waals surface area (Å²) < 4.78 is 10.1. The van der Waals surface area contributed by atoms with E-state index in [0.717, 1.165) is 26.2 Å². The molecule has 80 valence electrons. The third-order valence-electron chi connectivity index (χ3n) is 2.02. The Labute approximate surface area is 81.8 Å². The van der Waals surface area contributed by atoms with Crippen LogP contribution in [0.5, 0.6) is 0 Å². The van der Waals surface area contributed by atoms with Gasteiger partial charge in [-0.3, -0.25) is 0 Å². The topological polar surface area (TPSA) is 30.5 Å². The lowest BCUT2D eigenvalue weighted by atomic mass is 10.1. The van der Waals surface area contributed by atoms with Crippen LogP contribution in [-0.2, 0) is 9.47 Å². The summed E-state index contributed by atoms with van der Waals surface area (Å²) in [5, 5.41) is 3.44. The first-order valence-corrected chi connectivity index (χ1v) is 4.92. The lowest BCUT2D eigenvalue weighted by Gasteiger charge is -2.16. The van der Waals surface area contributed by atoms with E-state index in [0.29, 0.717) is 12.0 Å². The molecule has 0 rings (SSSR count). The Morgan fingerprint density at radius 3 is 2.38 bits per heavy atom. The second-order valence-electron chi connectivity index (χ2n) is 3.65. The summed E-state index contributed by atoms with van der Waals surface area (Å²) in [6, 6.07) is 0.527. The van der Waals surface area contributed by atoms with Crippen LogP contribution in [0.4, 0.5) is 0 Å². The Morgan fingerprint density at radius 2 is 1.85 bits per heavy atom. The van der Waals surface area contributed by atoms with Gasteiger partial charge in [0.15, 0.2) is 0 Å². The second kappa shape index (κ2) is 8.48. The smallest absolute Gasteiger partial charge is 0.0499 e. The first-order valence-electron chi connectivity index (χ1n) is 4.92. The van der Waals surface area contributed by atoms with Gasteiger partial charge in [0.1, 0.15) is 0 Å². The lowest BCUT2D eigenvalue weighted by molar-refractivity contribution is 0.153. The molecule has 0 aliphatic rings. The predicted molar refractivity (Wildman–Crippen MR) is 55.0 cm³/mol. The molecule has 0 aromatic carbocycles. The van der Waals surface area contributed by atoms with Crippen molar-refractivity contribution in [2.24, 2.45) is 5.92 Å². The van der Waals surface area contributed by atoms with E-state index in [-0.39, 0.29) is 0 Å². The van der Waals surface area contributed by atoms with E-state index in [1.807, 2.05) is 0 Å². The molecule has 0 aromatic rings. The van der Waals surface area contributed by atoms with Crippen LogP contribution in [0.1, 0.15) is 20.3 Å². The molecule has 2 atom stereocenters. The molecular formula is C10H23NO2. The Kier molecular flexibility index (Phi) is 8.40. The molecule has 2 unspecified atom stereocenters. The van der Waals surface area contributed by atoms with Gasteiger partial charge in [0, 0.05) is 40.0 Å². The normalized spacial score (nSPS) is 15.7. The zero-order valence-electron chi connectivity index (χ0n) is 9.30.